The van der Waals surface area contributed by atoms with Crippen LogP contribution in [0, 0.1) is 0 Å². The minimum absolute atomic E-state index is 0.0634. The molecule has 2 rings (SSSR count). The van der Waals surface area contributed by atoms with E-state index in [1.54, 1.807) is 51.3 Å². The zero-order valence-electron chi connectivity index (χ0n) is 16.8. The molecule has 0 saturated carbocycles. The van der Waals surface area contributed by atoms with Crippen LogP contribution in [-0.2, 0) is 22.6 Å². The lowest BCUT2D eigenvalue weighted by Crippen LogP contribution is -2.42. The fraction of sp³-hybridized carbons (Fsp3) is 0.350. The average Bonchev–Trinajstić information content (AvgIpc) is 2.71. The zero-order valence-corrected chi connectivity index (χ0v) is 16.8. The predicted molar refractivity (Wildman–Crippen MR) is 112 cm³/mol. The monoisotopic (exact) mass is 402 g/mol. The van der Waals surface area contributed by atoms with E-state index in [1.807, 2.05) is 0 Å². The van der Waals surface area contributed by atoms with Crippen LogP contribution in [0.4, 0.5) is 11.5 Å². The highest BCUT2D eigenvalue weighted by Gasteiger charge is 2.16. The fourth-order valence-corrected chi connectivity index (χ4v) is 2.67. The van der Waals surface area contributed by atoms with E-state index < -0.39 is 17.2 Å². The molecular weight excluding hydrogens is 376 g/mol. The Morgan fingerprint density at radius 1 is 1.10 bits per heavy atom. The van der Waals surface area contributed by atoms with Gasteiger partial charge in [0.05, 0.1) is 6.61 Å². The molecule has 0 aliphatic rings. The van der Waals surface area contributed by atoms with Crippen LogP contribution in [0.1, 0.15) is 19.4 Å². The number of nitrogens with two attached hydrogens (primary N) is 1. The molecule has 0 saturated heterocycles. The summed E-state index contributed by atoms with van der Waals surface area (Å²) >= 11 is 0. The third-order valence-corrected chi connectivity index (χ3v) is 4.21. The summed E-state index contributed by atoms with van der Waals surface area (Å²) in [6.07, 6.45) is 2.88. The molecule has 29 heavy (non-hydrogen) atoms. The number of nitrogens with zero attached hydrogens (tertiary/aromatic N) is 2. The van der Waals surface area contributed by atoms with Crippen molar-refractivity contribution in [2.24, 2.45) is 0 Å². The quantitative estimate of drug-likeness (QED) is 0.482. The first-order valence-electron chi connectivity index (χ1n) is 9.26. The molecule has 3 N–H and O–H groups in total. The topological polar surface area (TPSA) is 118 Å². The molecule has 0 aliphatic heterocycles. The molecule has 0 radical (unpaired) electrons. The summed E-state index contributed by atoms with van der Waals surface area (Å²) in [5.74, 6) is 0.100. The van der Waals surface area contributed by atoms with Crippen LogP contribution in [0.15, 0.2) is 39.9 Å². The Kier molecular flexibility index (Phi) is 7.79. The average molecular weight is 402 g/mol. The van der Waals surface area contributed by atoms with Crippen molar-refractivity contribution in [3.05, 3.63) is 56.7 Å². The molecule has 0 bridgehead atoms. The Morgan fingerprint density at radius 2 is 1.76 bits per heavy atom. The summed E-state index contributed by atoms with van der Waals surface area (Å²) in [7, 11) is 1.60. The van der Waals surface area contributed by atoms with Crippen LogP contribution in [0.25, 0.3) is 6.08 Å². The number of hydrogen-bond acceptors (Lipinski definition) is 6. The Labute approximate surface area is 168 Å². The SMILES string of the molecule is CCn1c(N)c(NC(=O)/C=C/c2ccc(OCCOC)cc2)c(=O)n(CC)c1=O. The van der Waals surface area contributed by atoms with Gasteiger partial charge >= 0.3 is 5.69 Å². The van der Waals surface area contributed by atoms with E-state index in [0.717, 1.165) is 10.1 Å². The Morgan fingerprint density at radius 3 is 2.34 bits per heavy atom. The molecule has 1 amide bonds. The van der Waals surface area contributed by atoms with Crippen LogP contribution < -0.4 is 27.0 Å². The van der Waals surface area contributed by atoms with E-state index >= 15 is 0 Å². The van der Waals surface area contributed by atoms with Crippen LogP contribution in [0.5, 0.6) is 5.75 Å². The number of ether oxygens (including phenoxy) is 2. The number of rotatable bonds is 9. The minimum Gasteiger partial charge on any atom is -0.491 e. The highest BCUT2D eigenvalue weighted by atomic mass is 16.5. The molecule has 1 aromatic carbocycles. The molecule has 0 spiro atoms. The second-order valence-corrected chi connectivity index (χ2v) is 6.07. The fourth-order valence-electron chi connectivity index (χ4n) is 2.67. The van der Waals surface area contributed by atoms with Crippen LogP contribution in [0.3, 0.4) is 0 Å². The number of methoxy groups -OCH3 is 1. The molecule has 0 fully saturated rings. The van der Waals surface area contributed by atoms with Gasteiger partial charge < -0.3 is 20.5 Å². The van der Waals surface area contributed by atoms with E-state index in [4.69, 9.17) is 15.2 Å². The van der Waals surface area contributed by atoms with Gasteiger partial charge in [0.15, 0.2) is 0 Å². The molecule has 156 valence electrons. The molecule has 1 aromatic heterocycles. The third kappa shape index (κ3) is 5.35. The second-order valence-electron chi connectivity index (χ2n) is 6.07. The summed E-state index contributed by atoms with van der Waals surface area (Å²) in [4.78, 5) is 37.0. The lowest BCUT2D eigenvalue weighted by atomic mass is 10.2. The lowest BCUT2D eigenvalue weighted by Gasteiger charge is -2.14. The van der Waals surface area contributed by atoms with E-state index in [9.17, 15) is 14.4 Å². The number of benzene rings is 1. The van der Waals surface area contributed by atoms with Gasteiger partial charge in [0.2, 0.25) is 5.91 Å². The maximum absolute atomic E-state index is 12.5. The third-order valence-electron chi connectivity index (χ3n) is 4.21. The molecular formula is C20H26N4O5. The summed E-state index contributed by atoms with van der Waals surface area (Å²) in [5, 5.41) is 2.49. The van der Waals surface area contributed by atoms with Gasteiger partial charge in [-0.25, -0.2) is 4.79 Å². The summed E-state index contributed by atoms with van der Waals surface area (Å²) in [6.45, 7) is 4.81. The molecule has 0 atom stereocenters. The molecule has 1 heterocycles. The van der Waals surface area contributed by atoms with Gasteiger partial charge in [-0.05, 0) is 37.6 Å². The van der Waals surface area contributed by atoms with E-state index in [2.05, 4.69) is 5.32 Å². The first-order valence-corrected chi connectivity index (χ1v) is 9.26. The van der Waals surface area contributed by atoms with Crippen molar-refractivity contribution >= 4 is 23.5 Å². The first kappa shape index (κ1) is 22.0. The standard InChI is InChI=1S/C20H26N4O5/c1-4-23-18(21)17(19(26)24(5-2)20(23)27)22-16(25)11-8-14-6-9-15(10-7-14)29-13-12-28-3/h6-11H,4-5,12-13,21H2,1-3H3,(H,22,25)/b11-8+. The van der Waals surface area contributed by atoms with Gasteiger partial charge in [-0.15, -0.1) is 0 Å². The van der Waals surface area contributed by atoms with Crippen molar-refractivity contribution < 1.29 is 14.3 Å². The van der Waals surface area contributed by atoms with Crippen molar-refractivity contribution in [2.75, 3.05) is 31.4 Å². The number of nitrogens with one attached hydrogen (secondary N) is 1. The molecule has 0 aliphatic carbocycles. The normalized spacial score (nSPS) is 11.0. The Hall–Kier alpha value is -3.33. The zero-order chi connectivity index (χ0) is 21.4. The van der Waals surface area contributed by atoms with Gasteiger partial charge in [0, 0.05) is 26.3 Å². The largest absolute Gasteiger partial charge is 0.491 e. The summed E-state index contributed by atoms with van der Waals surface area (Å²) in [5.41, 5.74) is 5.47. The minimum atomic E-state index is -0.626. The second kappa shape index (κ2) is 10.3. The predicted octanol–water partition coefficient (Wildman–Crippen LogP) is 1.31. The number of nitrogen functional groups attached to an aromatic ring is 1. The van der Waals surface area contributed by atoms with Crippen LogP contribution >= 0.6 is 0 Å². The summed E-state index contributed by atoms with van der Waals surface area (Å²) < 4.78 is 12.7. The van der Waals surface area contributed by atoms with Gasteiger partial charge in [-0.2, -0.15) is 0 Å². The van der Waals surface area contributed by atoms with E-state index in [1.165, 1.54) is 10.6 Å². The number of hydrogen-bond donors (Lipinski definition) is 2. The number of aromatic nitrogens is 2. The van der Waals surface area contributed by atoms with Crippen LogP contribution in [0.2, 0.25) is 0 Å². The summed E-state index contributed by atoms with van der Waals surface area (Å²) in [6, 6.07) is 7.15. The molecule has 9 heteroatoms. The number of anilines is 2. The lowest BCUT2D eigenvalue weighted by molar-refractivity contribution is -0.111. The van der Waals surface area contributed by atoms with Crippen molar-refractivity contribution in [3.8, 4) is 5.75 Å². The Bertz CT molecular complexity index is 990. The van der Waals surface area contributed by atoms with Crippen molar-refractivity contribution in [3.63, 3.8) is 0 Å². The smallest absolute Gasteiger partial charge is 0.332 e. The Balaban J connectivity index is 2.15. The highest BCUT2D eigenvalue weighted by molar-refractivity contribution is 6.03. The first-order chi connectivity index (χ1) is 13.9. The van der Waals surface area contributed by atoms with Gasteiger partial charge in [0.1, 0.15) is 23.9 Å². The number of amides is 1. The van der Waals surface area contributed by atoms with Gasteiger partial charge in [-0.3, -0.25) is 18.7 Å². The van der Waals surface area contributed by atoms with E-state index in [0.29, 0.717) is 19.0 Å². The number of carbonyl (C=O) groups is 1. The van der Waals surface area contributed by atoms with Crippen LogP contribution in [-0.4, -0.2) is 35.4 Å². The van der Waals surface area contributed by atoms with Gasteiger partial charge in [0.25, 0.3) is 5.56 Å². The maximum atomic E-state index is 12.5. The van der Waals surface area contributed by atoms with Crippen molar-refractivity contribution in [1.29, 1.82) is 0 Å². The maximum Gasteiger partial charge on any atom is 0.332 e. The number of carbonyl (C=O) groups excluding carboxylic acids is 1. The molecule has 9 nitrogen and oxygen atoms in total. The molecule has 0 unspecified atom stereocenters. The highest BCUT2D eigenvalue weighted by Crippen LogP contribution is 2.14. The van der Waals surface area contributed by atoms with Crippen molar-refractivity contribution in [1.82, 2.24) is 9.13 Å². The molecule has 2 aromatic rings. The van der Waals surface area contributed by atoms with Crippen molar-refractivity contribution in [2.45, 2.75) is 26.9 Å². The van der Waals surface area contributed by atoms with E-state index in [-0.39, 0.29) is 24.6 Å². The van der Waals surface area contributed by atoms with Gasteiger partial charge in [-0.1, -0.05) is 12.1 Å².